The summed E-state index contributed by atoms with van der Waals surface area (Å²) in [5, 5.41) is 7.50. The first-order valence-electron chi connectivity index (χ1n) is 9.17. The van der Waals surface area contributed by atoms with Crippen LogP contribution in [0.4, 0.5) is 0 Å². The summed E-state index contributed by atoms with van der Waals surface area (Å²) in [7, 11) is 1.62. The highest BCUT2D eigenvalue weighted by Gasteiger charge is 2.16. The molecule has 0 saturated heterocycles. The molecule has 0 atom stereocenters. The molecule has 0 aliphatic heterocycles. The van der Waals surface area contributed by atoms with Crippen LogP contribution in [-0.4, -0.2) is 28.8 Å². The smallest absolute Gasteiger partial charge is 0.266 e. The van der Waals surface area contributed by atoms with E-state index in [4.69, 9.17) is 4.74 Å². The molecule has 1 aliphatic rings. The monoisotopic (exact) mass is 355 g/mol. The number of rotatable bonds is 7. The topological polar surface area (TPSA) is 73.2 Å². The van der Waals surface area contributed by atoms with E-state index in [9.17, 15) is 9.59 Å². The lowest BCUT2D eigenvalue weighted by Gasteiger charge is -2.12. The molecule has 0 bridgehead atoms. The van der Waals surface area contributed by atoms with E-state index in [0.717, 1.165) is 24.2 Å². The number of carbonyl (C=O) groups excluding carboxylic acids is 1. The van der Waals surface area contributed by atoms with Crippen LogP contribution in [0.2, 0.25) is 0 Å². The molecule has 26 heavy (non-hydrogen) atoms. The van der Waals surface area contributed by atoms with Crippen molar-refractivity contribution in [2.24, 2.45) is 0 Å². The molecule has 1 heterocycles. The van der Waals surface area contributed by atoms with Crippen molar-refractivity contribution < 1.29 is 9.53 Å². The largest absolute Gasteiger partial charge is 0.497 e. The highest BCUT2D eigenvalue weighted by Crippen LogP contribution is 2.21. The van der Waals surface area contributed by atoms with Crippen molar-refractivity contribution in [1.82, 2.24) is 15.1 Å². The minimum Gasteiger partial charge on any atom is -0.497 e. The number of aromatic nitrogens is 2. The Hall–Kier alpha value is -2.63. The fourth-order valence-corrected chi connectivity index (χ4v) is 3.30. The summed E-state index contributed by atoms with van der Waals surface area (Å²) in [5.41, 5.74) is 1.43. The predicted octanol–water partition coefficient (Wildman–Crippen LogP) is 2.76. The highest BCUT2D eigenvalue weighted by molar-refractivity contribution is 5.76. The van der Waals surface area contributed by atoms with Gasteiger partial charge in [0.15, 0.2) is 0 Å². The standard InChI is InChI=1S/C20H25N3O3/c1-26-17-9-4-6-15(14-17)18-11-12-20(25)23(22-18)13-5-10-19(24)21-16-7-2-3-8-16/h4,6,9,11-12,14,16H,2-3,5,7-8,10,13H2,1H3,(H,21,24). The van der Waals surface area contributed by atoms with Crippen LogP contribution in [0.3, 0.4) is 0 Å². The van der Waals surface area contributed by atoms with Crippen LogP contribution in [0.25, 0.3) is 11.3 Å². The van der Waals surface area contributed by atoms with E-state index in [1.807, 2.05) is 24.3 Å². The van der Waals surface area contributed by atoms with Gasteiger partial charge in [-0.15, -0.1) is 0 Å². The van der Waals surface area contributed by atoms with Crippen LogP contribution in [0.5, 0.6) is 5.75 Å². The van der Waals surface area contributed by atoms with E-state index >= 15 is 0 Å². The van der Waals surface area contributed by atoms with Gasteiger partial charge in [0.05, 0.1) is 12.8 Å². The Morgan fingerprint density at radius 2 is 2.08 bits per heavy atom. The Balaban J connectivity index is 1.60. The summed E-state index contributed by atoms with van der Waals surface area (Å²) in [6, 6.07) is 11.1. The predicted molar refractivity (Wildman–Crippen MR) is 100 cm³/mol. The maximum absolute atomic E-state index is 12.1. The SMILES string of the molecule is COc1cccc(-c2ccc(=O)n(CCCC(=O)NC3CCCC3)n2)c1. The summed E-state index contributed by atoms with van der Waals surface area (Å²) < 4.78 is 6.66. The Bertz CT molecular complexity index is 810. The first kappa shape index (κ1) is 18.2. The van der Waals surface area contributed by atoms with Gasteiger partial charge in [0.1, 0.15) is 5.75 Å². The number of carbonyl (C=O) groups is 1. The number of hydrogen-bond acceptors (Lipinski definition) is 4. The molecule has 138 valence electrons. The van der Waals surface area contributed by atoms with Crippen molar-refractivity contribution >= 4 is 5.91 Å². The van der Waals surface area contributed by atoms with Gasteiger partial charge in [-0.2, -0.15) is 5.10 Å². The summed E-state index contributed by atoms with van der Waals surface area (Å²) in [4.78, 5) is 24.1. The molecule has 1 aromatic heterocycles. The lowest BCUT2D eigenvalue weighted by atomic mass is 10.1. The maximum atomic E-state index is 12.1. The molecule has 1 aliphatic carbocycles. The molecule has 1 saturated carbocycles. The van der Waals surface area contributed by atoms with Crippen LogP contribution in [0.1, 0.15) is 38.5 Å². The van der Waals surface area contributed by atoms with Crippen molar-refractivity contribution in [1.29, 1.82) is 0 Å². The number of ether oxygens (including phenoxy) is 1. The van der Waals surface area contributed by atoms with E-state index in [2.05, 4.69) is 10.4 Å². The molecule has 1 fully saturated rings. The molecule has 3 rings (SSSR count). The molecule has 1 aromatic carbocycles. The van der Waals surface area contributed by atoms with Crippen LogP contribution in [0.15, 0.2) is 41.2 Å². The van der Waals surface area contributed by atoms with Crippen molar-refractivity contribution in [3.63, 3.8) is 0 Å². The molecule has 0 unspecified atom stereocenters. The van der Waals surface area contributed by atoms with Crippen molar-refractivity contribution in [3.8, 4) is 17.0 Å². The Kier molecular flexibility index (Phi) is 6.04. The first-order valence-corrected chi connectivity index (χ1v) is 9.17. The van der Waals surface area contributed by atoms with Gasteiger partial charge >= 0.3 is 0 Å². The molecular weight excluding hydrogens is 330 g/mol. The summed E-state index contributed by atoms with van der Waals surface area (Å²) >= 11 is 0. The second kappa shape index (κ2) is 8.65. The molecule has 6 heteroatoms. The average Bonchev–Trinajstić information content (AvgIpc) is 3.16. The van der Waals surface area contributed by atoms with Gasteiger partial charge in [0.25, 0.3) is 5.56 Å². The Morgan fingerprint density at radius 3 is 2.85 bits per heavy atom. The van der Waals surface area contributed by atoms with Crippen LogP contribution in [-0.2, 0) is 11.3 Å². The van der Waals surface area contributed by atoms with E-state index in [0.29, 0.717) is 31.1 Å². The van der Waals surface area contributed by atoms with E-state index < -0.39 is 0 Å². The molecule has 1 N–H and O–H groups in total. The average molecular weight is 355 g/mol. The van der Waals surface area contributed by atoms with E-state index in [1.54, 1.807) is 13.2 Å². The fourth-order valence-electron chi connectivity index (χ4n) is 3.30. The normalized spacial score (nSPS) is 14.3. The molecule has 0 radical (unpaired) electrons. The van der Waals surface area contributed by atoms with Crippen LogP contribution < -0.4 is 15.6 Å². The van der Waals surface area contributed by atoms with Gasteiger partial charge in [-0.05, 0) is 37.5 Å². The van der Waals surface area contributed by atoms with Crippen molar-refractivity contribution in [2.45, 2.75) is 51.1 Å². The number of nitrogens with zero attached hydrogens (tertiary/aromatic N) is 2. The van der Waals surface area contributed by atoms with Gasteiger partial charge in [0, 0.05) is 30.6 Å². The molecular formula is C20H25N3O3. The van der Waals surface area contributed by atoms with Gasteiger partial charge in [-0.3, -0.25) is 9.59 Å². The van der Waals surface area contributed by atoms with Crippen LogP contribution >= 0.6 is 0 Å². The maximum Gasteiger partial charge on any atom is 0.266 e. The van der Waals surface area contributed by atoms with Crippen molar-refractivity contribution in [3.05, 3.63) is 46.8 Å². The number of hydrogen-bond donors (Lipinski definition) is 1. The van der Waals surface area contributed by atoms with Gasteiger partial charge < -0.3 is 10.1 Å². The molecule has 0 spiro atoms. The zero-order chi connectivity index (χ0) is 18.4. The van der Waals surface area contributed by atoms with E-state index in [1.165, 1.54) is 23.6 Å². The first-order chi connectivity index (χ1) is 12.7. The summed E-state index contributed by atoms with van der Waals surface area (Å²) in [6.07, 6.45) is 5.55. The Labute approximate surface area is 153 Å². The summed E-state index contributed by atoms with van der Waals surface area (Å²) in [5.74, 6) is 0.805. The summed E-state index contributed by atoms with van der Waals surface area (Å²) in [6.45, 7) is 0.425. The lowest BCUT2D eigenvalue weighted by Crippen LogP contribution is -2.32. The zero-order valence-electron chi connectivity index (χ0n) is 15.1. The van der Waals surface area contributed by atoms with Crippen molar-refractivity contribution in [2.75, 3.05) is 7.11 Å². The third-order valence-electron chi connectivity index (χ3n) is 4.73. The number of aryl methyl sites for hydroxylation is 1. The third-order valence-corrected chi connectivity index (χ3v) is 4.73. The number of benzene rings is 1. The van der Waals surface area contributed by atoms with Gasteiger partial charge in [-0.1, -0.05) is 25.0 Å². The molecule has 6 nitrogen and oxygen atoms in total. The lowest BCUT2D eigenvalue weighted by molar-refractivity contribution is -0.121. The fraction of sp³-hybridized carbons (Fsp3) is 0.450. The minimum atomic E-state index is -0.159. The minimum absolute atomic E-state index is 0.0638. The number of amides is 1. The Morgan fingerprint density at radius 1 is 1.27 bits per heavy atom. The second-order valence-electron chi connectivity index (χ2n) is 6.66. The molecule has 2 aromatic rings. The quantitative estimate of drug-likeness (QED) is 0.829. The molecule has 1 amide bonds. The zero-order valence-corrected chi connectivity index (χ0v) is 15.1. The van der Waals surface area contributed by atoms with E-state index in [-0.39, 0.29) is 11.5 Å². The van der Waals surface area contributed by atoms with Crippen LogP contribution in [0, 0.1) is 0 Å². The highest BCUT2D eigenvalue weighted by atomic mass is 16.5. The van der Waals surface area contributed by atoms with Gasteiger partial charge in [-0.25, -0.2) is 4.68 Å². The number of methoxy groups -OCH3 is 1. The van der Waals surface area contributed by atoms with Gasteiger partial charge in [0.2, 0.25) is 5.91 Å². The third kappa shape index (κ3) is 4.71. The second-order valence-corrected chi connectivity index (χ2v) is 6.66. The number of nitrogens with one attached hydrogen (secondary N) is 1.